The van der Waals surface area contributed by atoms with Gasteiger partial charge >= 0.3 is 0 Å². The third-order valence-electron chi connectivity index (χ3n) is 3.00. The minimum atomic E-state index is -0.583. The van der Waals surface area contributed by atoms with Gasteiger partial charge in [0.15, 0.2) is 0 Å². The van der Waals surface area contributed by atoms with E-state index in [4.69, 9.17) is 18.0 Å². The van der Waals surface area contributed by atoms with Crippen molar-refractivity contribution in [1.82, 2.24) is 0 Å². The monoisotopic (exact) mass is 366 g/mol. The first-order valence-corrected chi connectivity index (χ1v) is 7.24. The summed E-state index contributed by atoms with van der Waals surface area (Å²) in [6, 6.07) is 11.5. The Morgan fingerprint density at radius 1 is 1.29 bits per heavy atom. The topological polar surface area (TPSA) is 46.3 Å². The largest absolute Gasteiger partial charge is 0.389 e. The first kappa shape index (κ1) is 15.6. The lowest BCUT2D eigenvalue weighted by Gasteiger charge is -2.18. The molecule has 3 nitrogen and oxygen atoms in total. The average Bonchev–Trinajstić information content (AvgIpc) is 2.48. The van der Waals surface area contributed by atoms with E-state index in [0.717, 1.165) is 0 Å². The molecule has 0 aliphatic rings. The van der Waals surface area contributed by atoms with Crippen molar-refractivity contribution in [3.05, 3.63) is 63.9 Å². The highest BCUT2D eigenvalue weighted by atomic mass is 79.9. The van der Waals surface area contributed by atoms with Crippen molar-refractivity contribution in [2.24, 2.45) is 5.73 Å². The van der Waals surface area contributed by atoms with Crippen molar-refractivity contribution in [2.75, 3.05) is 11.9 Å². The van der Waals surface area contributed by atoms with E-state index >= 15 is 0 Å². The molecule has 0 bridgehead atoms. The van der Waals surface area contributed by atoms with Crippen LogP contribution in [-0.2, 0) is 0 Å². The van der Waals surface area contributed by atoms with Gasteiger partial charge in [0, 0.05) is 18.3 Å². The zero-order valence-electron chi connectivity index (χ0n) is 11.1. The minimum Gasteiger partial charge on any atom is -0.389 e. The van der Waals surface area contributed by atoms with E-state index in [9.17, 15) is 9.18 Å². The van der Waals surface area contributed by atoms with Gasteiger partial charge in [-0.1, -0.05) is 30.4 Å². The van der Waals surface area contributed by atoms with Crippen LogP contribution < -0.4 is 10.6 Å². The smallest absolute Gasteiger partial charge is 0.261 e. The summed E-state index contributed by atoms with van der Waals surface area (Å²) in [5.74, 6) is -1.03. The average molecular weight is 367 g/mol. The van der Waals surface area contributed by atoms with Gasteiger partial charge in [-0.3, -0.25) is 4.79 Å². The van der Waals surface area contributed by atoms with Crippen LogP contribution in [0, 0.1) is 5.82 Å². The molecule has 0 saturated carbocycles. The summed E-state index contributed by atoms with van der Waals surface area (Å²) in [6.07, 6.45) is 0. The number of thiocarbonyl (C=S) groups is 1. The molecule has 2 rings (SSSR count). The number of nitrogens with two attached hydrogens (primary N) is 1. The third kappa shape index (κ3) is 3.28. The van der Waals surface area contributed by atoms with Crippen molar-refractivity contribution in [3.63, 3.8) is 0 Å². The summed E-state index contributed by atoms with van der Waals surface area (Å²) in [5, 5.41) is 0. The van der Waals surface area contributed by atoms with Crippen LogP contribution >= 0.6 is 28.1 Å². The van der Waals surface area contributed by atoms with Crippen LogP contribution in [0.3, 0.4) is 0 Å². The summed E-state index contributed by atoms with van der Waals surface area (Å²) in [7, 11) is 1.57. The molecule has 0 unspecified atom stereocenters. The number of carbonyl (C=O) groups is 1. The van der Waals surface area contributed by atoms with Crippen LogP contribution in [0.4, 0.5) is 10.1 Å². The van der Waals surface area contributed by atoms with E-state index < -0.39 is 11.7 Å². The summed E-state index contributed by atoms with van der Waals surface area (Å²) in [6.45, 7) is 0. The molecule has 2 aromatic carbocycles. The summed E-state index contributed by atoms with van der Waals surface area (Å²) in [4.78, 5) is 14.0. The van der Waals surface area contributed by atoms with Gasteiger partial charge in [-0.05, 0) is 40.2 Å². The van der Waals surface area contributed by atoms with Gasteiger partial charge in [-0.15, -0.1) is 0 Å². The normalized spacial score (nSPS) is 10.2. The first-order chi connectivity index (χ1) is 9.91. The number of rotatable bonds is 3. The molecule has 0 radical (unpaired) electrons. The number of hydrogen-bond donors (Lipinski definition) is 1. The van der Waals surface area contributed by atoms with Crippen LogP contribution in [0.5, 0.6) is 0 Å². The number of carbonyl (C=O) groups excluding carboxylic acids is 1. The van der Waals surface area contributed by atoms with Crippen molar-refractivity contribution in [3.8, 4) is 0 Å². The number of nitrogens with zero attached hydrogens (tertiary/aromatic N) is 1. The molecule has 0 heterocycles. The molecule has 0 aromatic heterocycles. The van der Waals surface area contributed by atoms with Gasteiger partial charge in [-0.2, -0.15) is 0 Å². The molecule has 1 amide bonds. The van der Waals surface area contributed by atoms with Gasteiger partial charge in [-0.25, -0.2) is 4.39 Å². The maximum absolute atomic E-state index is 14.0. The fraction of sp³-hybridized carbons (Fsp3) is 0.0667. The second kappa shape index (κ2) is 6.32. The molecule has 0 spiro atoms. The Kier molecular flexibility index (Phi) is 4.69. The molecule has 2 N–H and O–H groups in total. The van der Waals surface area contributed by atoms with Crippen molar-refractivity contribution < 1.29 is 9.18 Å². The van der Waals surface area contributed by atoms with E-state index in [2.05, 4.69) is 15.9 Å². The number of halogens is 2. The molecule has 0 aliphatic heterocycles. The van der Waals surface area contributed by atoms with E-state index in [1.165, 1.54) is 11.0 Å². The molecule has 0 atom stereocenters. The molecule has 21 heavy (non-hydrogen) atoms. The molecule has 0 saturated heterocycles. The summed E-state index contributed by atoms with van der Waals surface area (Å²) < 4.78 is 14.2. The lowest BCUT2D eigenvalue weighted by atomic mass is 10.1. The Labute approximate surface area is 135 Å². The van der Waals surface area contributed by atoms with Crippen LogP contribution in [-0.4, -0.2) is 17.9 Å². The summed E-state index contributed by atoms with van der Waals surface area (Å²) in [5.41, 5.74) is 6.81. The van der Waals surface area contributed by atoms with Crippen LogP contribution in [0.25, 0.3) is 0 Å². The molecule has 0 aliphatic carbocycles. The van der Waals surface area contributed by atoms with Gasteiger partial charge < -0.3 is 10.6 Å². The minimum absolute atomic E-state index is 0.00685. The van der Waals surface area contributed by atoms with E-state index in [1.807, 2.05) is 0 Å². The quantitative estimate of drug-likeness (QED) is 0.845. The molecular weight excluding hydrogens is 355 g/mol. The van der Waals surface area contributed by atoms with Crippen molar-refractivity contribution in [2.45, 2.75) is 0 Å². The van der Waals surface area contributed by atoms with Gasteiger partial charge in [0.25, 0.3) is 5.91 Å². The number of hydrogen-bond acceptors (Lipinski definition) is 2. The van der Waals surface area contributed by atoms with Gasteiger partial charge in [0.2, 0.25) is 0 Å². The Morgan fingerprint density at radius 3 is 2.62 bits per heavy atom. The zero-order chi connectivity index (χ0) is 15.6. The van der Waals surface area contributed by atoms with Crippen molar-refractivity contribution >= 4 is 44.7 Å². The second-order valence-electron chi connectivity index (χ2n) is 4.38. The maximum Gasteiger partial charge on any atom is 0.261 e. The molecule has 108 valence electrons. The molecule has 2 aromatic rings. The summed E-state index contributed by atoms with van der Waals surface area (Å²) >= 11 is 7.98. The van der Waals surface area contributed by atoms with Crippen molar-refractivity contribution in [1.29, 1.82) is 0 Å². The molecule has 0 fully saturated rings. The number of benzene rings is 2. The number of anilines is 1. The van der Waals surface area contributed by atoms with E-state index in [0.29, 0.717) is 11.3 Å². The van der Waals surface area contributed by atoms with E-state index in [-0.39, 0.29) is 15.0 Å². The van der Waals surface area contributed by atoms with E-state index in [1.54, 1.807) is 43.4 Å². The Morgan fingerprint density at radius 2 is 1.95 bits per heavy atom. The lowest BCUT2D eigenvalue weighted by molar-refractivity contribution is 0.0989. The van der Waals surface area contributed by atoms with Gasteiger partial charge in [0.05, 0.1) is 10.0 Å². The fourth-order valence-electron chi connectivity index (χ4n) is 1.83. The number of amides is 1. The highest BCUT2D eigenvalue weighted by molar-refractivity contribution is 9.10. The third-order valence-corrected chi connectivity index (χ3v) is 3.85. The predicted octanol–water partition coefficient (Wildman–Crippen LogP) is 3.50. The van der Waals surface area contributed by atoms with Crippen LogP contribution in [0.2, 0.25) is 0 Å². The molecular formula is C15H12BrFN2OS. The highest BCUT2D eigenvalue weighted by Gasteiger charge is 2.19. The lowest BCUT2D eigenvalue weighted by Crippen LogP contribution is -2.27. The highest BCUT2D eigenvalue weighted by Crippen LogP contribution is 2.22. The Balaban J connectivity index is 2.37. The maximum atomic E-state index is 14.0. The molecule has 6 heteroatoms. The van der Waals surface area contributed by atoms with Crippen LogP contribution in [0.1, 0.15) is 15.9 Å². The standard InChI is InChI=1S/C15H12BrFN2OS/c1-19(10-5-2-4-9(8-10)14(18)21)15(20)11-6-3-7-12(16)13(11)17/h2-8H,1H3,(H2,18,21). The predicted molar refractivity (Wildman–Crippen MR) is 89.2 cm³/mol. The van der Waals surface area contributed by atoms with Gasteiger partial charge in [0.1, 0.15) is 10.8 Å². The van der Waals surface area contributed by atoms with Crippen LogP contribution in [0.15, 0.2) is 46.9 Å². The second-order valence-corrected chi connectivity index (χ2v) is 5.67. The zero-order valence-corrected chi connectivity index (χ0v) is 13.5. The fourth-order valence-corrected chi connectivity index (χ4v) is 2.33. The Hall–Kier alpha value is -1.79. The first-order valence-electron chi connectivity index (χ1n) is 6.03. The SMILES string of the molecule is CN(C(=O)c1cccc(Br)c1F)c1cccc(C(N)=S)c1. The Bertz CT molecular complexity index is 721.